The topological polar surface area (TPSA) is 78.1 Å². The smallest absolute Gasteiger partial charge is 0.230 e. The van der Waals surface area contributed by atoms with Gasteiger partial charge in [-0.25, -0.2) is 0 Å². The van der Waals surface area contributed by atoms with Gasteiger partial charge >= 0.3 is 0 Å². The molecule has 0 saturated carbocycles. The summed E-state index contributed by atoms with van der Waals surface area (Å²) in [7, 11) is 0. The van der Waals surface area contributed by atoms with E-state index in [1.54, 1.807) is 6.20 Å². The Morgan fingerprint density at radius 3 is 2.96 bits per heavy atom. The number of aromatic amines is 1. The molecule has 2 aliphatic rings. The first-order valence-corrected chi connectivity index (χ1v) is 8.39. The number of para-hydroxylation sites is 1. The molecule has 2 amide bonds. The van der Waals surface area contributed by atoms with Crippen LogP contribution in [0.1, 0.15) is 42.4 Å². The molecule has 2 atom stereocenters. The highest BCUT2D eigenvalue weighted by atomic mass is 16.2. The molecule has 24 heavy (non-hydrogen) atoms. The Hall–Kier alpha value is -2.63. The number of hydrogen-bond donors (Lipinski definition) is 2. The van der Waals surface area contributed by atoms with Gasteiger partial charge in [0.1, 0.15) is 0 Å². The summed E-state index contributed by atoms with van der Waals surface area (Å²) in [6.45, 7) is 1.44. The van der Waals surface area contributed by atoms with E-state index in [4.69, 9.17) is 0 Å². The van der Waals surface area contributed by atoms with Crippen LogP contribution in [0.3, 0.4) is 0 Å². The molecule has 0 aliphatic carbocycles. The van der Waals surface area contributed by atoms with Gasteiger partial charge in [0.25, 0.3) is 0 Å². The summed E-state index contributed by atoms with van der Waals surface area (Å²) in [5.74, 6) is -0.121. The Balaban J connectivity index is 1.56. The fourth-order valence-electron chi connectivity index (χ4n) is 3.78. The number of H-pyrrole nitrogens is 1. The Morgan fingerprint density at radius 2 is 2.12 bits per heavy atom. The molecule has 2 N–H and O–H groups in total. The van der Waals surface area contributed by atoms with E-state index in [-0.39, 0.29) is 30.1 Å². The van der Waals surface area contributed by atoms with Crippen LogP contribution in [0.5, 0.6) is 0 Å². The van der Waals surface area contributed by atoms with Crippen molar-refractivity contribution < 1.29 is 9.59 Å². The van der Waals surface area contributed by atoms with Crippen molar-refractivity contribution in [3.8, 4) is 0 Å². The molecule has 0 radical (unpaired) electrons. The van der Waals surface area contributed by atoms with Gasteiger partial charge in [0, 0.05) is 43.0 Å². The molecule has 3 heterocycles. The first-order valence-electron chi connectivity index (χ1n) is 8.39. The van der Waals surface area contributed by atoms with Gasteiger partial charge in [0.05, 0.1) is 5.92 Å². The number of nitrogens with one attached hydrogen (secondary N) is 2. The highest BCUT2D eigenvalue weighted by Gasteiger charge is 2.35. The van der Waals surface area contributed by atoms with Crippen LogP contribution in [-0.4, -0.2) is 40.0 Å². The van der Waals surface area contributed by atoms with Crippen LogP contribution in [0, 0.1) is 0 Å². The van der Waals surface area contributed by atoms with E-state index < -0.39 is 0 Å². The third kappa shape index (κ3) is 2.68. The van der Waals surface area contributed by atoms with Crippen LogP contribution < -0.4 is 5.32 Å². The minimum Gasteiger partial charge on any atom is -0.341 e. The summed E-state index contributed by atoms with van der Waals surface area (Å²) < 4.78 is 0. The van der Waals surface area contributed by atoms with E-state index >= 15 is 0 Å². The summed E-state index contributed by atoms with van der Waals surface area (Å²) in [4.78, 5) is 27.0. The van der Waals surface area contributed by atoms with Gasteiger partial charge in [0.2, 0.25) is 11.8 Å². The van der Waals surface area contributed by atoms with Gasteiger partial charge in [-0.15, -0.1) is 0 Å². The second-order valence-electron chi connectivity index (χ2n) is 6.53. The predicted molar refractivity (Wildman–Crippen MR) is 89.6 cm³/mol. The zero-order valence-electron chi connectivity index (χ0n) is 13.4. The van der Waals surface area contributed by atoms with Crippen molar-refractivity contribution in [1.82, 2.24) is 15.1 Å². The van der Waals surface area contributed by atoms with Gasteiger partial charge in [-0.05, 0) is 30.5 Å². The molecular weight excluding hydrogens is 304 g/mol. The molecule has 124 valence electrons. The van der Waals surface area contributed by atoms with Gasteiger partial charge in [-0.2, -0.15) is 5.10 Å². The molecule has 6 nitrogen and oxygen atoms in total. The average molecular weight is 324 g/mol. The predicted octanol–water partition coefficient (Wildman–Crippen LogP) is 2.24. The van der Waals surface area contributed by atoms with Crippen molar-refractivity contribution in [2.75, 3.05) is 18.4 Å². The SMILES string of the molecule is O=C1C[C@H](C(=O)N2CCC[C@@H](c3ccn[nH]3)C2)c2ccccc2N1. The van der Waals surface area contributed by atoms with E-state index in [0.717, 1.165) is 36.3 Å². The van der Waals surface area contributed by atoms with Crippen LogP contribution in [0.15, 0.2) is 36.5 Å². The lowest BCUT2D eigenvalue weighted by molar-refractivity contribution is -0.136. The molecule has 1 fully saturated rings. The Morgan fingerprint density at radius 1 is 1.25 bits per heavy atom. The van der Waals surface area contributed by atoms with E-state index in [0.29, 0.717) is 6.54 Å². The number of likely N-dealkylation sites (tertiary alicyclic amines) is 1. The number of anilines is 1. The van der Waals surface area contributed by atoms with Crippen molar-refractivity contribution in [2.45, 2.75) is 31.1 Å². The molecule has 0 spiro atoms. The molecule has 2 aromatic rings. The lowest BCUT2D eigenvalue weighted by Gasteiger charge is -2.36. The number of hydrogen-bond acceptors (Lipinski definition) is 3. The van der Waals surface area contributed by atoms with Crippen LogP contribution in [0.4, 0.5) is 5.69 Å². The number of carbonyl (C=O) groups excluding carboxylic acids is 2. The number of nitrogens with zero attached hydrogens (tertiary/aromatic N) is 2. The maximum absolute atomic E-state index is 13.1. The maximum atomic E-state index is 13.1. The van der Waals surface area contributed by atoms with Crippen LogP contribution in [0.2, 0.25) is 0 Å². The molecule has 1 aromatic heterocycles. The molecule has 0 unspecified atom stereocenters. The standard InChI is InChI=1S/C18H20N4O2/c23-17-10-14(13-5-1-2-6-16(13)20-17)18(24)22-9-3-4-12(11-22)15-7-8-19-21-15/h1-2,5-8,12,14H,3-4,9-11H2,(H,19,21)(H,20,23)/t12-,14+/m1/s1. The van der Waals surface area contributed by atoms with E-state index in [1.807, 2.05) is 35.2 Å². The summed E-state index contributed by atoms with van der Waals surface area (Å²) in [6.07, 6.45) is 3.99. The van der Waals surface area contributed by atoms with Crippen molar-refractivity contribution in [3.63, 3.8) is 0 Å². The normalized spacial score (nSPS) is 23.5. The first-order chi connectivity index (χ1) is 11.7. The number of aromatic nitrogens is 2. The average Bonchev–Trinajstić information content (AvgIpc) is 3.15. The molecule has 0 bridgehead atoms. The fraction of sp³-hybridized carbons (Fsp3) is 0.389. The zero-order valence-corrected chi connectivity index (χ0v) is 13.4. The van der Waals surface area contributed by atoms with Crippen LogP contribution in [-0.2, 0) is 9.59 Å². The number of amides is 2. The number of fused-ring (bicyclic) bond motifs is 1. The molecule has 1 aromatic carbocycles. The van der Waals surface area contributed by atoms with Crippen LogP contribution >= 0.6 is 0 Å². The van der Waals surface area contributed by atoms with Crippen molar-refractivity contribution >= 4 is 17.5 Å². The van der Waals surface area contributed by atoms with Gasteiger partial charge < -0.3 is 10.2 Å². The quantitative estimate of drug-likeness (QED) is 0.889. The molecule has 2 aliphatic heterocycles. The number of rotatable bonds is 2. The van der Waals surface area contributed by atoms with E-state index in [1.165, 1.54) is 0 Å². The summed E-state index contributed by atoms with van der Waals surface area (Å²) in [5, 5.41) is 9.89. The number of piperidine rings is 1. The summed E-state index contributed by atoms with van der Waals surface area (Å²) in [6, 6.07) is 9.56. The minimum atomic E-state index is -0.379. The largest absolute Gasteiger partial charge is 0.341 e. The van der Waals surface area contributed by atoms with Crippen molar-refractivity contribution in [3.05, 3.63) is 47.8 Å². The van der Waals surface area contributed by atoms with Crippen LogP contribution in [0.25, 0.3) is 0 Å². The molecule has 4 rings (SSSR count). The van der Waals surface area contributed by atoms with Gasteiger partial charge in [-0.1, -0.05) is 18.2 Å². The van der Waals surface area contributed by atoms with Gasteiger partial charge in [-0.3, -0.25) is 14.7 Å². The van der Waals surface area contributed by atoms with Gasteiger partial charge in [0.15, 0.2) is 0 Å². The number of benzene rings is 1. The Kier molecular flexibility index (Phi) is 3.80. The lowest BCUT2D eigenvalue weighted by Crippen LogP contribution is -2.43. The Labute approximate surface area is 140 Å². The van der Waals surface area contributed by atoms with E-state index in [9.17, 15) is 9.59 Å². The lowest BCUT2D eigenvalue weighted by atomic mass is 9.87. The molecule has 1 saturated heterocycles. The highest BCUT2D eigenvalue weighted by Crippen LogP contribution is 2.35. The maximum Gasteiger partial charge on any atom is 0.230 e. The summed E-state index contributed by atoms with van der Waals surface area (Å²) in [5.41, 5.74) is 2.76. The monoisotopic (exact) mass is 324 g/mol. The summed E-state index contributed by atoms with van der Waals surface area (Å²) >= 11 is 0. The van der Waals surface area contributed by atoms with E-state index in [2.05, 4.69) is 15.5 Å². The molecule has 6 heteroatoms. The second kappa shape index (κ2) is 6.11. The highest BCUT2D eigenvalue weighted by molar-refractivity contribution is 6.01. The van der Waals surface area contributed by atoms with Crippen molar-refractivity contribution in [2.24, 2.45) is 0 Å². The number of carbonyl (C=O) groups is 2. The first kappa shape index (κ1) is 14.9. The Bertz CT molecular complexity index is 756. The fourth-order valence-corrected chi connectivity index (χ4v) is 3.78. The zero-order chi connectivity index (χ0) is 16.5. The minimum absolute atomic E-state index is 0.0570. The second-order valence-corrected chi connectivity index (χ2v) is 6.53. The molecular formula is C18H20N4O2. The third-order valence-corrected chi connectivity index (χ3v) is 4.99. The third-order valence-electron chi connectivity index (χ3n) is 4.99. The van der Waals surface area contributed by atoms with Crippen molar-refractivity contribution in [1.29, 1.82) is 0 Å².